The van der Waals surface area contributed by atoms with Crippen LogP contribution in [-0.2, 0) is 0 Å². The Kier molecular flexibility index (Phi) is 4.57. The molecule has 20 heavy (non-hydrogen) atoms. The molecule has 0 unspecified atom stereocenters. The second-order valence-electron chi connectivity index (χ2n) is 4.20. The summed E-state index contributed by atoms with van der Waals surface area (Å²) in [5.41, 5.74) is 0.729. The zero-order chi connectivity index (χ0) is 14.5. The third kappa shape index (κ3) is 3.71. The number of nitrogens with one attached hydrogen (secondary N) is 1. The third-order valence-corrected chi connectivity index (χ3v) is 2.45. The van der Waals surface area contributed by atoms with E-state index in [1.165, 1.54) is 0 Å². The highest BCUT2D eigenvalue weighted by atomic mass is 35.5. The molecular weight excluding hydrogens is 280 g/mol. The van der Waals surface area contributed by atoms with E-state index in [4.69, 9.17) is 21.1 Å². The quantitative estimate of drug-likeness (QED) is 0.914. The summed E-state index contributed by atoms with van der Waals surface area (Å²) in [6.45, 7) is 3.76. The normalized spacial score (nSPS) is 10.4. The molecule has 0 spiro atoms. The predicted octanol–water partition coefficient (Wildman–Crippen LogP) is 3.06. The van der Waals surface area contributed by atoms with Gasteiger partial charge in [-0.3, -0.25) is 0 Å². The van der Waals surface area contributed by atoms with E-state index in [1.54, 1.807) is 7.11 Å². The molecular formula is C13H15ClN4O2. The fraction of sp³-hybridized carbons (Fsp3) is 0.308. The zero-order valence-electron chi connectivity index (χ0n) is 11.4. The summed E-state index contributed by atoms with van der Waals surface area (Å²) in [7, 11) is 1.59. The van der Waals surface area contributed by atoms with Gasteiger partial charge < -0.3 is 14.8 Å². The van der Waals surface area contributed by atoms with Gasteiger partial charge in [0.1, 0.15) is 5.75 Å². The minimum atomic E-state index is -0.0485. The van der Waals surface area contributed by atoms with E-state index in [1.807, 2.05) is 38.1 Å². The van der Waals surface area contributed by atoms with Crippen molar-refractivity contribution >= 4 is 23.2 Å². The van der Waals surface area contributed by atoms with Crippen LogP contribution >= 0.6 is 11.6 Å². The van der Waals surface area contributed by atoms with Crippen LogP contribution < -0.4 is 14.8 Å². The highest BCUT2D eigenvalue weighted by Gasteiger charge is 2.09. The Morgan fingerprint density at radius 1 is 1.15 bits per heavy atom. The summed E-state index contributed by atoms with van der Waals surface area (Å²) in [5.74, 6) is 0.973. The van der Waals surface area contributed by atoms with Crippen molar-refractivity contribution in [2.24, 2.45) is 0 Å². The van der Waals surface area contributed by atoms with Crippen molar-refractivity contribution in [1.82, 2.24) is 15.0 Å². The molecule has 0 fully saturated rings. The second-order valence-corrected chi connectivity index (χ2v) is 4.54. The SMILES string of the molecule is COc1ccccc1Nc1nc(Cl)nc(OC(C)C)n1. The number of methoxy groups -OCH3 is 1. The zero-order valence-corrected chi connectivity index (χ0v) is 12.2. The number of benzene rings is 1. The molecule has 0 aliphatic rings. The van der Waals surface area contributed by atoms with Gasteiger partial charge in [0, 0.05) is 0 Å². The highest BCUT2D eigenvalue weighted by Crippen LogP contribution is 2.26. The lowest BCUT2D eigenvalue weighted by atomic mass is 10.3. The summed E-state index contributed by atoms with van der Waals surface area (Å²) in [4.78, 5) is 12.1. The molecule has 1 N–H and O–H groups in total. The first-order valence-corrected chi connectivity index (χ1v) is 6.44. The van der Waals surface area contributed by atoms with E-state index in [0.29, 0.717) is 11.7 Å². The van der Waals surface area contributed by atoms with Crippen molar-refractivity contribution in [1.29, 1.82) is 0 Å². The van der Waals surface area contributed by atoms with Crippen LogP contribution in [0.4, 0.5) is 11.6 Å². The van der Waals surface area contributed by atoms with Gasteiger partial charge in [-0.1, -0.05) is 12.1 Å². The summed E-state index contributed by atoms with van der Waals surface area (Å²) in [6, 6.07) is 7.60. The minimum absolute atomic E-state index is 0.0485. The van der Waals surface area contributed by atoms with Crippen molar-refractivity contribution in [2.45, 2.75) is 20.0 Å². The molecule has 1 aromatic carbocycles. The summed E-state index contributed by atoms with van der Waals surface area (Å²) in [5, 5.41) is 3.09. The van der Waals surface area contributed by atoms with Crippen molar-refractivity contribution < 1.29 is 9.47 Å². The van der Waals surface area contributed by atoms with Crippen LogP contribution in [0.15, 0.2) is 24.3 Å². The number of nitrogens with zero attached hydrogens (tertiary/aromatic N) is 3. The molecule has 106 valence electrons. The molecule has 0 aliphatic carbocycles. The lowest BCUT2D eigenvalue weighted by Gasteiger charge is -2.11. The van der Waals surface area contributed by atoms with Crippen molar-refractivity contribution in [2.75, 3.05) is 12.4 Å². The van der Waals surface area contributed by atoms with E-state index in [2.05, 4.69) is 20.3 Å². The average molecular weight is 295 g/mol. The maximum atomic E-state index is 5.86. The number of ether oxygens (including phenoxy) is 2. The van der Waals surface area contributed by atoms with Crippen LogP contribution in [0, 0.1) is 0 Å². The molecule has 0 atom stereocenters. The predicted molar refractivity (Wildman–Crippen MR) is 76.9 cm³/mol. The Morgan fingerprint density at radius 3 is 2.60 bits per heavy atom. The van der Waals surface area contributed by atoms with Gasteiger partial charge in [0.25, 0.3) is 0 Å². The Labute approximate surface area is 122 Å². The lowest BCUT2D eigenvalue weighted by Crippen LogP contribution is -2.10. The number of hydrogen-bond donors (Lipinski definition) is 1. The molecule has 0 bridgehead atoms. The van der Waals surface area contributed by atoms with Crippen molar-refractivity contribution in [3.63, 3.8) is 0 Å². The smallest absolute Gasteiger partial charge is 0.322 e. The van der Waals surface area contributed by atoms with E-state index in [-0.39, 0.29) is 17.4 Å². The molecule has 2 aromatic rings. The van der Waals surface area contributed by atoms with Crippen LogP contribution in [0.3, 0.4) is 0 Å². The molecule has 0 saturated carbocycles. The third-order valence-electron chi connectivity index (χ3n) is 2.28. The van der Waals surface area contributed by atoms with E-state index in [0.717, 1.165) is 5.69 Å². The molecule has 7 heteroatoms. The number of rotatable bonds is 5. The Bertz CT molecular complexity index is 592. The van der Waals surface area contributed by atoms with Gasteiger partial charge in [0.05, 0.1) is 18.9 Å². The molecule has 1 heterocycles. The number of halogens is 1. The van der Waals surface area contributed by atoms with Crippen LogP contribution in [-0.4, -0.2) is 28.2 Å². The first-order chi connectivity index (χ1) is 9.58. The highest BCUT2D eigenvalue weighted by molar-refractivity contribution is 6.28. The van der Waals surface area contributed by atoms with Crippen LogP contribution in [0.1, 0.15) is 13.8 Å². The molecule has 2 rings (SSSR count). The fourth-order valence-corrected chi connectivity index (χ4v) is 1.67. The number of hydrogen-bond acceptors (Lipinski definition) is 6. The van der Waals surface area contributed by atoms with Crippen LogP contribution in [0.2, 0.25) is 5.28 Å². The van der Waals surface area contributed by atoms with Gasteiger partial charge in [-0.2, -0.15) is 15.0 Å². The van der Waals surface area contributed by atoms with Crippen molar-refractivity contribution in [3.05, 3.63) is 29.5 Å². The van der Waals surface area contributed by atoms with E-state index < -0.39 is 0 Å². The molecule has 0 aliphatic heterocycles. The molecule has 0 radical (unpaired) electrons. The van der Waals surface area contributed by atoms with Gasteiger partial charge in [-0.05, 0) is 37.6 Å². The Balaban J connectivity index is 2.26. The topological polar surface area (TPSA) is 69.2 Å². The van der Waals surface area contributed by atoms with Gasteiger partial charge in [-0.25, -0.2) is 0 Å². The molecule has 0 saturated heterocycles. The number of aromatic nitrogens is 3. The first-order valence-electron chi connectivity index (χ1n) is 6.06. The maximum Gasteiger partial charge on any atom is 0.322 e. The molecule has 1 aromatic heterocycles. The van der Waals surface area contributed by atoms with Gasteiger partial charge in [0.2, 0.25) is 11.2 Å². The monoisotopic (exact) mass is 294 g/mol. The number of anilines is 2. The maximum absolute atomic E-state index is 5.86. The van der Waals surface area contributed by atoms with Gasteiger partial charge in [0.15, 0.2) is 0 Å². The summed E-state index contributed by atoms with van der Waals surface area (Å²) < 4.78 is 10.7. The van der Waals surface area contributed by atoms with Gasteiger partial charge in [-0.15, -0.1) is 0 Å². The van der Waals surface area contributed by atoms with Crippen molar-refractivity contribution in [3.8, 4) is 11.8 Å². The molecule has 0 amide bonds. The first kappa shape index (κ1) is 14.3. The fourth-order valence-electron chi connectivity index (χ4n) is 1.52. The summed E-state index contributed by atoms with van der Waals surface area (Å²) in [6.07, 6.45) is -0.0485. The Hall–Kier alpha value is -2.08. The van der Waals surface area contributed by atoms with Gasteiger partial charge >= 0.3 is 6.01 Å². The lowest BCUT2D eigenvalue weighted by molar-refractivity contribution is 0.222. The van der Waals surface area contributed by atoms with Crippen LogP contribution in [0.5, 0.6) is 11.8 Å². The number of para-hydroxylation sites is 2. The summed E-state index contributed by atoms with van der Waals surface area (Å²) >= 11 is 5.86. The van der Waals surface area contributed by atoms with E-state index in [9.17, 15) is 0 Å². The second kappa shape index (κ2) is 6.38. The minimum Gasteiger partial charge on any atom is -0.495 e. The van der Waals surface area contributed by atoms with Crippen LogP contribution in [0.25, 0.3) is 0 Å². The largest absolute Gasteiger partial charge is 0.495 e. The molecule has 6 nitrogen and oxygen atoms in total. The Morgan fingerprint density at radius 2 is 1.90 bits per heavy atom. The standard InChI is InChI=1S/C13H15ClN4O2/c1-8(2)20-13-17-11(14)16-12(18-13)15-9-6-4-5-7-10(9)19-3/h4-8H,1-3H3,(H,15,16,17,18). The van der Waals surface area contributed by atoms with E-state index >= 15 is 0 Å². The average Bonchev–Trinajstić information content (AvgIpc) is 2.37.